The van der Waals surface area contributed by atoms with Gasteiger partial charge in [-0.3, -0.25) is 9.59 Å². The second-order valence-electron chi connectivity index (χ2n) is 11.5. The number of carbonyl (C=O) groups excluding carboxylic acids is 2. The molecule has 11 heteroatoms. The zero-order valence-electron chi connectivity index (χ0n) is 23.6. The Morgan fingerprint density at radius 3 is 2.37 bits per heavy atom. The maximum absolute atomic E-state index is 13.7. The van der Waals surface area contributed by atoms with Crippen LogP contribution < -0.4 is 0 Å². The highest BCUT2D eigenvalue weighted by atomic mass is 19.4. The summed E-state index contributed by atoms with van der Waals surface area (Å²) in [6.07, 6.45) is -5.95. The lowest BCUT2D eigenvalue weighted by atomic mass is 9.93. The molecule has 41 heavy (non-hydrogen) atoms. The molecule has 0 spiro atoms. The van der Waals surface area contributed by atoms with Crippen molar-refractivity contribution in [3.05, 3.63) is 53.5 Å². The topological polar surface area (TPSA) is 86.9 Å². The number of carbonyl (C=O) groups is 2. The van der Waals surface area contributed by atoms with Crippen molar-refractivity contribution >= 4 is 22.9 Å². The van der Waals surface area contributed by atoms with Crippen LogP contribution in [-0.2, 0) is 4.79 Å². The molecular formula is C30H35F4N3O4. The number of rotatable bonds is 8. The monoisotopic (exact) mass is 577 g/mol. The Hall–Kier alpha value is -3.47. The average Bonchev–Trinajstić information content (AvgIpc) is 3.33. The molecular weight excluding hydrogens is 542 g/mol. The van der Waals surface area contributed by atoms with Gasteiger partial charge in [-0.25, -0.2) is 9.37 Å². The molecule has 0 radical (unpaired) electrons. The van der Waals surface area contributed by atoms with E-state index in [4.69, 9.17) is 4.42 Å². The Balaban J connectivity index is 1.56. The van der Waals surface area contributed by atoms with Crippen molar-refractivity contribution in [1.29, 1.82) is 0 Å². The van der Waals surface area contributed by atoms with Gasteiger partial charge in [0.2, 0.25) is 5.91 Å². The van der Waals surface area contributed by atoms with Crippen LogP contribution in [0, 0.1) is 11.7 Å². The van der Waals surface area contributed by atoms with Crippen LogP contribution >= 0.6 is 0 Å². The number of amides is 2. The molecule has 3 aromatic rings. The summed E-state index contributed by atoms with van der Waals surface area (Å²) >= 11 is 0. The molecule has 7 nitrogen and oxygen atoms in total. The minimum absolute atomic E-state index is 0.0454. The third-order valence-corrected chi connectivity index (χ3v) is 7.54. The van der Waals surface area contributed by atoms with Crippen LogP contribution in [0.25, 0.3) is 22.4 Å². The first-order chi connectivity index (χ1) is 19.2. The number of hydrogen-bond donors (Lipinski definition) is 1. The van der Waals surface area contributed by atoms with Gasteiger partial charge in [-0.1, -0.05) is 13.8 Å². The highest BCUT2D eigenvalue weighted by Crippen LogP contribution is 2.34. The van der Waals surface area contributed by atoms with Crippen LogP contribution in [0.4, 0.5) is 17.6 Å². The molecule has 0 unspecified atom stereocenters. The number of aliphatic hydroxyl groups is 1. The van der Waals surface area contributed by atoms with Gasteiger partial charge in [0.25, 0.3) is 5.91 Å². The number of nitrogens with zero attached hydrogens (tertiary/aromatic N) is 3. The van der Waals surface area contributed by atoms with Crippen molar-refractivity contribution in [2.45, 2.75) is 64.6 Å². The Morgan fingerprint density at radius 1 is 1.10 bits per heavy atom. The Kier molecular flexibility index (Phi) is 8.77. The van der Waals surface area contributed by atoms with Crippen LogP contribution in [0.15, 0.2) is 40.8 Å². The smallest absolute Gasteiger partial charge is 0.389 e. The third kappa shape index (κ3) is 6.89. The van der Waals surface area contributed by atoms with E-state index in [0.717, 1.165) is 11.1 Å². The average molecular weight is 578 g/mol. The lowest BCUT2D eigenvalue weighted by molar-refractivity contribution is -0.148. The number of furan rings is 1. The predicted molar refractivity (Wildman–Crippen MR) is 146 cm³/mol. The number of fused-ring (bicyclic) bond motifs is 1. The molecule has 1 N–H and O–H groups in total. The van der Waals surface area contributed by atoms with Gasteiger partial charge in [0.05, 0.1) is 11.2 Å². The lowest BCUT2D eigenvalue weighted by Crippen LogP contribution is -2.62. The van der Waals surface area contributed by atoms with E-state index in [1.165, 1.54) is 17.0 Å². The van der Waals surface area contributed by atoms with Crippen LogP contribution in [0.5, 0.6) is 0 Å². The highest BCUT2D eigenvalue weighted by molar-refractivity contribution is 5.97. The molecule has 2 aromatic heterocycles. The largest absolute Gasteiger partial charge is 0.449 e. The number of alkyl halides is 3. The van der Waals surface area contributed by atoms with Gasteiger partial charge in [0.15, 0.2) is 11.3 Å². The summed E-state index contributed by atoms with van der Waals surface area (Å²) in [6, 6.07) is 9.44. The molecule has 4 rings (SSSR count). The molecule has 1 saturated heterocycles. The molecule has 1 aliphatic rings. The lowest BCUT2D eigenvalue weighted by Gasteiger charge is -2.47. The Bertz CT molecular complexity index is 1400. The number of pyridine rings is 1. The normalized spacial score (nSPS) is 16.4. The zero-order valence-corrected chi connectivity index (χ0v) is 23.6. The Labute approximate surface area is 236 Å². The van der Waals surface area contributed by atoms with E-state index < -0.39 is 43.0 Å². The van der Waals surface area contributed by atoms with Crippen LogP contribution in [0.2, 0.25) is 0 Å². The van der Waals surface area contributed by atoms with Crippen molar-refractivity contribution in [1.82, 2.24) is 14.8 Å². The van der Waals surface area contributed by atoms with Gasteiger partial charge in [0.1, 0.15) is 11.3 Å². The molecule has 3 heterocycles. The van der Waals surface area contributed by atoms with E-state index in [0.29, 0.717) is 16.8 Å². The highest BCUT2D eigenvalue weighted by Gasteiger charge is 2.41. The molecule has 1 atom stereocenters. The van der Waals surface area contributed by atoms with E-state index >= 15 is 0 Å². The Morgan fingerprint density at radius 2 is 1.78 bits per heavy atom. The molecule has 1 aromatic carbocycles. The maximum Gasteiger partial charge on any atom is 0.389 e. The number of aromatic nitrogens is 1. The van der Waals surface area contributed by atoms with Crippen molar-refractivity contribution in [3.8, 4) is 11.3 Å². The molecule has 1 aliphatic heterocycles. The van der Waals surface area contributed by atoms with Crippen molar-refractivity contribution < 1.29 is 36.7 Å². The van der Waals surface area contributed by atoms with Crippen molar-refractivity contribution in [2.75, 3.05) is 26.2 Å². The predicted octanol–water partition coefficient (Wildman–Crippen LogP) is 6.16. The van der Waals surface area contributed by atoms with Gasteiger partial charge in [-0.15, -0.1) is 0 Å². The molecule has 222 valence electrons. The van der Waals surface area contributed by atoms with Crippen LogP contribution in [0.3, 0.4) is 0 Å². The first kappa shape index (κ1) is 30.5. The fourth-order valence-corrected chi connectivity index (χ4v) is 5.34. The minimum Gasteiger partial charge on any atom is -0.449 e. The molecule has 1 fully saturated rings. The van der Waals surface area contributed by atoms with Gasteiger partial charge in [-0.2, -0.15) is 13.2 Å². The molecule has 0 aliphatic carbocycles. The number of aliphatic hydroxyl groups excluding tert-OH is 1. The fraction of sp³-hybridized carbons (Fsp3) is 0.500. The van der Waals surface area contributed by atoms with Crippen LogP contribution in [0.1, 0.15) is 69.0 Å². The third-order valence-electron chi connectivity index (χ3n) is 7.54. The fourth-order valence-electron chi connectivity index (χ4n) is 5.34. The first-order valence-electron chi connectivity index (χ1n) is 13.7. The van der Waals surface area contributed by atoms with E-state index in [1.807, 2.05) is 19.9 Å². The minimum atomic E-state index is -4.39. The summed E-state index contributed by atoms with van der Waals surface area (Å²) in [4.78, 5) is 34.6. The summed E-state index contributed by atoms with van der Waals surface area (Å²) in [7, 11) is 0. The summed E-state index contributed by atoms with van der Waals surface area (Å²) in [5, 5.41) is 9.33. The number of halogens is 4. The van der Waals surface area contributed by atoms with Crippen molar-refractivity contribution in [3.63, 3.8) is 0 Å². The quantitative estimate of drug-likeness (QED) is 0.324. The number of benzene rings is 1. The SMILES string of the molecule is CC(C)c1cc(-c2ccc(F)cc2)nc2cc(C(=O)N3CCN(C(=O)[C@@H](CCO)CCC(F)(F)F)CC3(C)C)oc12. The van der Waals surface area contributed by atoms with E-state index in [9.17, 15) is 32.3 Å². The van der Waals surface area contributed by atoms with Gasteiger partial charge >= 0.3 is 6.18 Å². The molecule has 0 bridgehead atoms. The van der Waals surface area contributed by atoms with E-state index in [1.54, 1.807) is 36.9 Å². The van der Waals surface area contributed by atoms with Crippen molar-refractivity contribution in [2.24, 2.45) is 5.92 Å². The summed E-state index contributed by atoms with van der Waals surface area (Å²) in [6.45, 7) is 7.59. The number of hydrogen-bond acceptors (Lipinski definition) is 5. The van der Waals surface area contributed by atoms with E-state index in [-0.39, 0.29) is 49.5 Å². The standard InChI is InChI=1S/C30H35F4N3O4/c1-18(2)22-15-23(19-5-7-21(31)8-6-19)35-24-16-25(41-26(22)24)28(40)37-13-12-36(17-29(37,3)4)27(39)20(10-14-38)9-11-30(32,33)34/h5-8,15-16,18,20,38H,9-14,17H2,1-4H3/t20-/m1/s1. The maximum atomic E-state index is 13.7. The summed E-state index contributed by atoms with van der Waals surface area (Å²) in [5.41, 5.74) is 2.32. The molecule has 2 amide bonds. The molecule has 0 saturated carbocycles. The summed E-state index contributed by atoms with van der Waals surface area (Å²) in [5.74, 6) is -2.02. The summed E-state index contributed by atoms with van der Waals surface area (Å²) < 4.78 is 57.9. The van der Waals surface area contributed by atoms with E-state index in [2.05, 4.69) is 4.98 Å². The van der Waals surface area contributed by atoms with Gasteiger partial charge in [0, 0.05) is 55.8 Å². The van der Waals surface area contributed by atoms with Gasteiger partial charge in [-0.05, 0) is 62.9 Å². The zero-order chi connectivity index (χ0) is 30.1. The first-order valence-corrected chi connectivity index (χ1v) is 13.7. The second kappa shape index (κ2) is 11.8. The van der Waals surface area contributed by atoms with Gasteiger partial charge < -0.3 is 19.3 Å². The number of piperazine rings is 1. The van der Waals surface area contributed by atoms with Crippen LogP contribution in [-0.4, -0.2) is 69.7 Å². The second-order valence-corrected chi connectivity index (χ2v) is 11.5.